The smallest absolute Gasteiger partial charge is 0.198 e. The number of nitrogens with one attached hydrogen (secondary N) is 1. The Morgan fingerprint density at radius 3 is 2.03 bits per heavy atom. The van der Waals surface area contributed by atoms with E-state index < -0.39 is 0 Å². The Bertz CT molecular complexity index is 1500. The van der Waals surface area contributed by atoms with Crippen LogP contribution in [-0.2, 0) is 0 Å². The van der Waals surface area contributed by atoms with Gasteiger partial charge < -0.3 is 21.3 Å². The molecule has 0 heterocycles. The van der Waals surface area contributed by atoms with Crippen LogP contribution in [0, 0.1) is 0 Å². The number of guanidine groups is 1. The number of hydrogen-bond donors (Lipinski definition) is 4. The summed E-state index contributed by atoms with van der Waals surface area (Å²) < 4.78 is 0. The van der Waals surface area contributed by atoms with Crippen LogP contribution in [0.1, 0.15) is 22.3 Å². The number of aliphatic imine (C=N–C) groups is 1. The zero-order chi connectivity index (χ0) is 20.4. The number of aliphatic hydroxyl groups excluding tert-OH is 2. The second-order valence-corrected chi connectivity index (χ2v) is 7.51. The van der Waals surface area contributed by atoms with Gasteiger partial charge in [0.1, 0.15) is 11.5 Å². The fourth-order valence-electron chi connectivity index (χ4n) is 4.47. The summed E-state index contributed by atoms with van der Waals surface area (Å²) in [6.07, 6.45) is 3.54. The summed E-state index contributed by atoms with van der Waals surface area (Å²) in [5.41, 5.74) is 11.4. The molecule has 0 aliphatic heterocycles. The molecule has 0 amide bonds. The van der Waals surface area contributed by atoms with Gasteiger partial charge in [0.05, 0.1) is 5.69 Å². The molecule has 0 bridgehead atoms. The molecule has 2 aliphatic rings. The van der Waals surface area contributed by atoms with Gasteiger partial charge in [-0.05, 0) is 47.5 Å². The van der Waals surface area contributed by atoms with Crippen LogP contribution in [0.4, 0.5) is 11.4 Å². The van der Waals surface area contributed by atoms with E-state index in [1.165, 1.54) is 0 Å². The topological polar surface area (TPSA) is 90.9 Å². The highest BCUT2D eigenvalue weighted by molar-refractivity contribution is 6.14. The van der Waals surface area contributed by atoms with E-state index in [4.69, 9.17) is 5.73 Å². The Balaban J connectivity index is 1.43. The van der Waals surface area contributed by atoms with Gasteiger partial charge in [0.2, 0.25) is 0 Å². The second kappa shape index (κ2) is 5.87. The molecule has 5 heteroatoms. The van der Waals surface area contributed by atoms with Gasteiger partial charge >= 0.3 is 0 Å². The minimum Gasteiger partial charge on any atom is -0.507 e. The van der Waals surface area contributed by atoms with Crippen LogP contribution < -0.4 is 11.1 Å². The predicted octanol–water partition coefficient (Wildman–Crippen LogP) is 5.79. The molecule has 0 saturated carbocycles. The summed E-state index contributed by atoms with van der Waals surface area (Å²) in [7, 11) is 0. The Morgan fingerprint density at radius 2 is 1.33 bits per heavy atom. The third-order valence-corrected chi connectivity index (χ3v) is 5.76. The maximum atomic E-state index is 10.2. The molecule has 0 radical (unpaired) electrons. The zero-order valence-corrected chi connectivity index (χ0v) is 15.8. The highest BCUT2D eigenvalue weighted by atomic mass is 16.3. The van der Waals surface area contributed by atoms with Crippen molar-refractivity contribution in [2.75, 3.05) is 5.32 Å². The van der Waals surface area contributed by atoms with Gasteiger partial charge in [0, 0.05) is 38.4 Å². The highest BCUT2D eigenvalue weighted by Crippen LogP contribution is 2.40. The Labute approximate surface area is 172 Å². The van der Waals surface area contributed by atoms with Crippen LogP contribution in [0.3, 0.4) is 0 Å². The van der Waals surface area contributed by atoms with Crippen LogP contribution in [0.5, 0.6) is 0 Å². The first-order chi connectivity index (χ1) is 14.6. The monoisotopic (exact) mass is 391 g/mol. The van der Waals surface area contributed by atoms with Gasteiger partial charge in [-0.2, -0.15) is 0 Å². The molecule has 30 heavy (non-hydrogen) atoms. The van der Waals surface area contributed by atoms with Crippen molar-refractivity contribution in [3.8, 4) is 0 Å². The molecule has 2 aliphatic carbocycles. The molecule has 0 spiro atoms. The first-order valence-electron chi connectivity index (χ1n) is 9.65. The fraction of sp³-hybridized carbons (Fsp3) is 0. The summed E-state index contributed by atoms with van der Waals surface area (Å²) in [6, 6.07) is 19.3. The quantitative estimate of drug-likeness (QED) is 0.257. The lowest BCUT2D eigenvalue weighted by atomic mass is 10.0. The predicted molar refractivity (Wildman–Crippen MR) is 124 cm³/mol. The molecule has 5 N–H and O–H groups in total. The van der Waals surface area contributed by atoms with E-state index in [2.05, 4.69) is 10.3 Å². The molecule has 5 nitrogen and oxygen atoms in total. The SMILES string of the molecule is NC(=Nc1ccc2c3c(cccc13)C=C2O)Nc1ccc2c3c(cccc13)C=C2O. The van der Waals surface area contributed by atoms with Crippen LogP contribution in [0.25, 0.3) is 45.2 Å². The van der Waals surface area contributed by atoms with E-state index in [0.717, 1.165) is 55.2 Å². The highest BCUT2D eigenvalue weighted by Gasteiger charge is 2.19. The van der Waals surface area contributed by atoms with E-state index in [1.54, 1.807) is 12.2 Å². The van der Waals surface area contributed by atoms with E-state index in [0.29, 0.717) is 0 Å². The Morgan fingerprint density at radius 1 is 0.733 bits per heavy atom. The number of anilines is 1. The Kier molecular flexibility index (Phi) is 3.27. The van der Waals surface area contributed by atoms with Crippen LogP contribution in [0.2, 0.25) is 0 Å². The van der Waals surface area contributed by atoms with Crippen molar-refractivity contribution < 1.29 is 10.2 Å². The van der Waals surface area contributed by atoms with Crippen LogP contribution in [0.15, 0.2) is 65.7 Å². The standard InChI is InChI=1S/C25H17N3O2/c26-25(27-19-9-7-17-21(29)11-13-3-1-5-15(19)23(13)17)28-20-10-8-18-22(30)12-14-4-2-6-16(20)24(14)18/h1-12,29-30H,(H3,26,27,28). The average molecular weight is 391 g/mol. The molecular formula is C25H17N3O2. The summed E-state index contributed by atoms with van der Waals surface area (Å²) in [6.45, 7) is 0. The lowest BCUT2D eigenvalue weighted by molar-refractivity contribution is 0.517. The molecule has 0 atom stereocenters. The van der Waals surface area contributed by atoms with Crippen molar-refractivity contribution >= 4 is 62.5 Å². The van der Waals surface area contributed by atoms with Crippen molar-refractivity contribution in [1.29, 1.82) is 0 Å². The number of nitrogens with zero attached hydrogens (tertiary/aromatic N) is 1. The normalized spacial score (nSPS) is 14.3. The van der Waals surface area contributed by atoms with Crippen molar-refractivity contribution in [3.63, 3.8) is 0 Å². The van der Waals surface area contributed by atoms with Crippen LogP contribution >= 0.6 is 0 Å². The van der Waals surface area contributed by atoms with E-state index >= 15 is 0 Å². The van der Waals surface area contributed by atoms with Crippen molar-refractivity contribution in [1.82, 2.24) is 0 Å². The third kappa shape index (κ3) is 2.26. The average Bonchev–Trinajstić information content (AvgIpc) is 3.24. The molecular weight excluding hydrogens is 374 g/mol. The third-order valence-electron chi connectivity index (χ3n) is 5.76. The molecule has 0 unspecified atom stereocenters. The first-order valence-corrected chi connectivity index (χ1v) is 9.65. The molecule has 4 aromatic rings. The maximum absolute atomic E-state index is 10.2. The largest absolute Gasteiger partial charge is 0.507 e. The van der Waals surface area contributed by atoms with Gasteiger partial charge in [-0.15, -0.1) is 0 Å². The van der Waals surface area contributed by atoms with Crippen molar-refractivity contribution in [2.24, 2.45) is 10.7 Å². The molecule has 6 rings (SSSR count). The van der Waals surface area contributed by atoms with Gasteiger partial charge in [-0.3, -0.25) is 0 Å². The summed E-state index contributed by atoms with van der Waals surface area (Å²) in [5, 5.41) is 27.4. The Hall–Kier alpha value is -4.25. The second-order valence-electron chi connectivity index (χ2n) is 7.51. The van der Waals surface area contributed by atoms with Gasteiger partial charge in [0.25, 0.3) is 0 Å². The summed E-state index contributed by atoms with van der Waals surface area (Å²) >= 11 is 0. The number of aliphatic hydroxyl groups is 2. The van der Waals surface area contributed by atoms with Gasteiger partial charge in [-0.1, -0.05) is 36.4 Å². The molecule has 0 fully saturated rings. The number of benzene rings is 4. The lowest BCUT2D eigenvalue weighted by Gasteiger charge is -2.12. The zero-order valence-electron chi connectivity index (χ0n) is 15.8. The molecule has 0 aromatic heterocycles. The summed E-state index contributed by atoms with van der Waals surface area (Å²) in [4.78, 5) is 4.62. The van der Waals surface area contributed by atoms with Crippen molar-refractivity contribution in [3.05, 3.63) is 82.9 Å². The first kappa shape index (κ1) is 16.7. The van der Waals surface area contributed by atoms with Gasteiger partial charge in [0.15, 0.2) is 5.96 Å². The molecule has 0 saturated heterocycles. The van der Waals surface area contributed by atoms with Gasteiger partial charge in [-0.25, -0.2) is 4.99 Å². The van der Waals surface area contributed by atoms with Crippen molar-refractivity contribution in [2.45, 2.75) is 0 Å². The summed E-state index contributed by atoms with van der Waals surface area (Å²) in [5.74, 6) is 0.813. The minimum absolute atomic E-state index is 0.266. The number of nitrogens with two attached hydrogens (primary N) is 1. The van der Waals surface area contributed by atoms with E-state index in [-0.39, 0.29) is 17.5 Å². The van der Waals surface area contributed by atoms with E-state index in [1.807, 2.05) is 60.7 Å². The van der Waals surface area contributed by atoms with Crippen LogP contribution in [-0.4, -0.2) is 16.2 Å². The van der Waals surface area contributed by atoms with E-state index in [9.17, 15) is 10.2 Å². The molecule has 4 aromatic carbocycles. The lowest BCUT2D eigenvalue weighted by Crippen LogP contribution is -2.22. The number of rotatable bonds is 2. The maximum Gasteiger partial charge on any atom is 0.198 e. The fourth-order valence-corrected chi connectivity index (χ4v) is 4.47. The molecule has 144 valence electrons. The minimum atomic E-state index is 0.266. The number of hydrogen-bond acceptors (Lipinski definition) is 3.